The van der Waals surface area contributed by atoms with E-state index in [4.69, 9.17) is 10.8 Å². The van der Waals surface area contributed by atoms with Gasteiger partial charge in [-0.3, -0.25) is 4.79 Å². The highest BCUT2D eigenvalue weighted by Crippen LogP contribution is 2.13. The van der Waals surface area contributed by atoms with Crippen molar-refractivity contribution in [3.8, 4) is 0 Å². The smallest absolute Gasteiger partial charge is 0.326 e. The van der Waals surface area contributed by atoms with Crippen molar-refractivity contribution < 1.29 is 14.7 Å². The zero-order chi connectivity index (χ0) is 10.7. The monoisotopic (exact) mass is 236 g/mol. The molecular formula is C9H17ClN2O3. The molecule has 88 valence electrons. The molecule has 1 aliphatic heterocycles. The maximum Gasteiger partial charge on any atom is 0.326 e. The fraction of sp³-hybridized carbons (Fsp3) is 0.778. The van der Waals surface area contributed by atoms with Gasteiger partial charge in [-0.25, -0.2) is 4.79 Å². The van der Waals surface area contributed by atoms with Crippen LogP contribution in [0.1, 0.15) is 26.2 Å². The average molecular weight is 237 g/mol. The number of amides is 1. The normalized spacial score (nSPS) is 24.0. The Balaban J connectivity index is 0.00000196. The number of carbonyl (C=O) groups is 2. The Morgan fingerprint density at radius 2 is 2.20 bits per heavy atom. The van der Waals surface area contributed by atoms with E-state index in [1.807, 2.05) is 0 Å². The van der Waals surface area contributed by atoms with E-state index in [0.717, 1.165) is 12.8 Å². The average Bonchev–Trinajstić information content (AvgIpc) is 2.29. The highest BCUT2D eigenvalue weighted by molar-refractivity contribution is 5.86. The van der Waals surface area contributed by atoms with Gasteiger partial charge in [0.2, 0.25) is 5.91 Å². The molecule has 6 heteroatoms. The van der Waals surface area contributed by atoms with E-state index in [9.17, 15) is 9.59 Å². The number of carboxylic acids is 1. The van der Waals surface area contributed by atoms with Crippen LogP contribution in [0.15, 0.2) is 0 Å². The number of aliphatic carboxylic acids is 1. The quantitative estimate of drug-likeness (QED) is 0.719. The Labute approximate surface area is 95.0 Å². The van der Waals surface area contributed by atoms with Gasteiger partial charge in [0.25, 0.3) is 0 Å². The maximum atomic E-state index is 11.6. The van der Waals surface area contributed by atoms with Crippen molar-refractivity contribution in [1.82, 2.24) is 4.90 Å². The molecule has 1 rings (SSSR count). The van der Waals surface area contributed by atoms with E-state index < -0.39 is 18.1 Å². The third kappa shape index (κ3) is 3.35. The summed E-state index contributed by atoms with van der Waals surface area (Å²) in [4.78, 5) is 23.7. The van der Waals surface area contributed by atoms with Gasteiger partial charge < -0.3 is 15.7 Å². The lowest BCUT2D eigenvalue weighted by atomic mass is 10.1. The zero-order valence-corrected chi connectivity index (χ0v) is 9.50. The largest absolute Gasteiger partial charge is 0.480 e. The number of carbonyl (C=O) groups excluding carboxylic acids is 1. The number of halogens is 1. The summed E-state index contributed by atoms with van der Waals surface area (Å²) >= 11 is 0. The molecule has 0 aromatic heterocycles. The van der Waals surface area contributed by atoms with Gasteiger partial charge in [-0.2, -0.15) is 0 Å². The van der Waals surface area contributed by atoms with Crippen LogP contribution in [-0.4, -0.2) is 40.5 Å². The first-order valence-corrected chi connectivity index (χ1v) is 4.83. The van der Waals surface area contributed by atoms with Crippen LogP contribution < -0.4 is 5.73 Å². The summed E-state index contributed by atoms with van der Waals surface area (Å²) in [6.07, 6.45) is 2.37. The van der Waals surface area contributed by atoms with Crippen LogP contribution in [0.4, 0.5) is 0 Å². The van der Waals surface area contributed by atoms with Crippen LogP contribution in [0.25, 0.3) is 0 Å². The lowest BCUT2D eigenvalue weighted by Gasteiger charge is -2.26. The van der Waals surface area contributed by atoms with Gasteiger partial charge in [0.1, 0.15) is 6.04 Å². The molecule has 1 fully saturated rings. The van der Waals surface area contributed by atoms with E-state index >= 15 is 0 Å². The number of hydrogen-bond acceptors (Lipinski definition) is 3. The molecule has 2 unspecified atom stereocenters. The molecule has 5 nitrogen and oxygen atoms in total. The Bertz CT molecular complexity index is 248. The maximum absolute atomic E-state index is 11.6. The number of likely N-dealkylation sites (tertiary alicyclic amines) is 1. The van der Waals surface area contributed by atoms with Crippen molar-refractivity contribution >= 4 is 24.3 Å². The molecule has 1 saturated heterocycles. The second kappa shape index (κ2) is 5.92. The minimum absolute atomic E-state index is 0. The van der Waals surface area contributed by atoms with Gasteiger partial charge in [-0.05, 0) is 26.2 Å². The summed E-state index contributed by atoms with van der Waals surface area (Å²) < 4.78 is 0. The van der Waals surface area contributed by atoms with Gasteiger partial charge in [-0.1, -0.05) is 0 Å². The standard InChI is InChI=1S/C9H16N2O3.ClH/c1-6(9(13)14)11-5-3-2-4-7(10)8(11)12;/h6-7H,2-5,10H2,1H3,(H,13,14);1H. The molecule has 0 radical (unpaired) electrons. The predicted molar refractivity (Wildman–Crippen MR) is 57.9 cm³/mol. The summed E-state index contributed by atoms with van der Waals surface area (Å²) in [5.41, 5.74) is 5.62. The van der Waals surface area contributed by atoms with Crippen LogP contribution in [-0.2, 0) is 9.59 Å². The molecule has 2 atom stereocenters. The summed E-state index contributed by atoms with van der Waals surface area (Å²) in [7, 11) is 0. The van der Waals surface area contributed by atoms with Crippen LogP contribution in [0.5, 0.6) is 0 Å². The molecule has 0 aromatic carbocycles. The third-order valence-corrected chi connectivity index (χ3v) is 2.59. The number of nitrogens with two attached hydrogens (primary N) is 1. The van der Waals surface area contributed by atoms with Crippen LogP contribution in [0, 0.1) is 0 Å². The summed E-state index contributed by atoms with van der Waals surface area (Å²) in [6, 6.07) is -1.30. The number of hydrogen-bond donors (Lipinski definition) is 2. The molecular weight excluding hydrogens is 220 g/mol. The lowest BCUT2D eigenvalue weighted by Crippen LogP contribution is -2.49. The second-order valence-electron chi connectivity index (χ2n) is 3.65. The van der Waals surface area contributed by atoms with Crippen molar-refractivity contribution in [2.75, 3.05) is 6.54 Å². The Morgan fingerprint density at radius 3 is 2.73 bits per heavy atom. The highest BCUT2D eigenvalue weighted by Gasteiger charge is 2.30. The van der Waals surface area contributed by atoms with Crippen molar-refractivity contribution in [2.45, 2.75) is 38.3 Å². The van der Waals surface area contributed by atoms with E-state index in [2.05, 4.69) is 0 Å². The molecule has 0 aliphatic carbocycles. The summed E-state index contributed by atoms with van der Waals surface area (Å²) in [6.45, 7) is 2.01. The van der Waals surface area contributed by atoms with Gasteiger partial charge in [0.05, 0.1) is 6.04 Å². The Kier molecular flexibility index (Phi) is 5.60. The van der Waals surface area contributed by atoms with Crippen LogP contribution in [0.3, 0.4) is 0 Å². The number of rotatable bonds is 2. The van der Waals surface area contributed by atoms with Crippen molar-refractivity contribution in [3.05, 3.63) is 0 Å². The zero-order valence-electron chi connectivity index (χ0n) is 8.68. The molecule has 1 heterocycles. The first-order valence-electron chi connectivity index (χ1n) is 4.83. The lowest BCUT2D eigenvalue weighted by molar-refractivity contribution is -0.149. The Hall–Kier alpha value is -0.810. The SMILES string of the molecule is CC(C(=O)O)N1CCCCC(N)C1=O.Cl. The number of carboxylic acid groups (broad SMARTS) is 1. The fourth-order valence-electron chi connectivity index (χ4n) is 1.61. The molecule has 3 N–H and O–H groups in total. The van der Waals surface area contributed by atoms with Gasteiger partial charge in [-0.15, -0.1) is 12.4 Å². The first-order chi connectivity index (χ1) is 6.54. The third-order valence-electron chi connectivity index (χ3n) is 2.59. The van der Waals surface area contributed by atoms with E-state index in [0.29, 0.717) is 13.0 Å². The van der Waals surface area contributed by atoms with E-state index in [1.165, 1.54) is 11.8 Å². The highest BCUT2D eigenvalue weighted by atomic mass is 35.5. The fourth-order valence-corrected chi connectivity index (χ4v) is 1.61. The molecule has 0 spiro atoms. The molecule has 15 heavy (non-hydrogen) atoms. The minimum atomic E-state index is -0.979. The van der Waals surface area contributed by atoms with Gasteiger partial charge >= 0.3 is 5.97 Å². The first kappa shape index (κ1) is 14.2. The van der Waals surface area contributed by atoms with Gasteiger partial charge in [0, 0.05) is 6.54 Å². The van der Waals surface area contributed by atoms with Gasteiger partial charge in [0.15, 0.2) is 0 Å². The molecule has 0 bridgehead atoms. The molecule has 1 aliphatic rings. The minimum Gasteiger partial charge on any atom is -0.480 e. The second-order valence-corrected chi connectivity index (χ2v) is 3.65. The number of nitrogens with zero attached hydrogens (tertiary/aromatic N) is 1. The topological polar surface area (TPSA) is 83.6 Å². The molecule has 0 saturated carbocycles. The molecule has 0 aromatic rings. The van der Waals surface area contributed by atoms with Crippen molar-refractivity contribution in [3.63, 3.8) is 0 Å². The summed E-state index contributed by atoms with van der Waals surface area (Å²) in [5.74, 6) is -1.22. The van der Waals surface area contributed by atoms with E-state index in [-0.39, 0.29) is 18.3 Å². The van der Waals surface area contributed by atoms with E-state index in [1.54, 1.807) is 0 Å². The van der Waals surface area contributed by atoms with Crippen LogP contribution in [0.2, 0.25) is 0 Å². The molecule has 1 amide bonds. The Morgan fingerprint density at radius 1 is 1.60 bits per heavy atom. The van der Waals surface area contributed by atoms with Crippen molar-refractivity contribution in [1.29, 1.82) is 0 Å². The summed E-state index contributed by atoms with van der Waals surface area (Å²) in [5, 5.41) is 8.80. The van der Waals surface area contributed by atoms with Crippen LogP contribution >= 0.6 is 12.4 Å². The predicted octanol–water partition coefficient (Wildman–Crippen LogP) is 0.221. The van der Waals surface area contributed by atoms with Crippen molar-refractivity contribution in [2.24, 2.45) is 5.73 Å².